The highest BCUT2D eigenvalue weighted by atomic mass is 16.6. The third kappa shape index (κ3) is 6.05. The number of nitrogens with zero attached hydrogens (tertiary/aromatic N) is 3. The monoisotopic (exact) mass is 825 g/mol. The van der Waals surface area contributed by atoms with Crippen molar-refractivity contribution in [1.82, 2.24) is 15.0 Å². The summed E-state index contributed by atoms with van der Waals surface area (Å²) in [6.45, 7) is 3.87. The maximum atomic E-state index is 13.6. The number of carbonyl (C=O) groups excluding carboxylic acids is 4. The van der Waals surface area contributed by atoms with Gasteiger partial charge in [-0.25, -0.2) is 15.0 Å². The van der Waals surface area contributed by atoms with Crippen LogP contribution in [0.25, 0.3) is 66.8 Å². The lowest BCUT2D eigenvalue weighted by Crippen LogP contribution is -2.42. The van der Waals surface area contributed by atoms with E-state index in [4.69, 9.17) is 33.9 Å². The van der Waals surface area contributed by atoms with Crippen molar-refractivity contribution in [2.24, 2.45) is 10.8 Å². The summed E-state index contributed by atoms with van der Waals surface area (Å²) in [5, 5.41) is 3.95. The molecule has 2 aliphatic carbocycles. The molecule has 7 aromatic rings. The van der Waals surface area contributed by atoms with Gasteiger partial charge in [-0.2, -0.15) is 0 Å². The Bertz CT molecular complexity index is 2800. The Morgan fingerprint density at radius 2 is 0.758 bits per heavy atom. The molecule has 0 spiro atoms. The van der Waals surface area contributed by atoms with Crippen LogP contribution >= 0.6 is 0 Å². The molecule has 9 rings (SSSR count). The summed E-state index contributed by atoms with van der Waals surface area (Å²) in [7, 11) is 5.11. The van der Waals surface area contributed by atoms with Gasteiger partial charge < -0.3 is 18.9 Å². The van der Waals surface area contributed by atoms with Crippen LogP contribution < -0.4 is 0 Å². The van der Waals surface area contributed by atoms with Gasteiger partial charge in [0.15, 0.2) is 10.8 Å². The van der Waals surface area contributed by atoms with Gasteiger partial charge in [0.2, 0.25) is 0 Å². The Kier molecular flexibility index (Phi) is 9.93. The average molecular weight is 826 g/mol. The number of fused-ring (bicyclic) bond motifs is 4. The highest BCUT2D eigenvalue weighted by Crippen LogP contribution is 2.49. The predicted octanol–water partition coefficient (Wildman–Crippen LogP) is 8.32. The van der Waals surface area contributed by atoms with E-state index in [0.29, 0.717) is 34.2 Å². The summed E-state index contributed by atoms with van der Waals surface area (Å²) in [4.78, 5) is 70.3. The lowest BCUT2D eigenvalue weighted by atomic mass is 9.84. The molecule has 0 saturated heterocycles. The lowest BCUT2D eigenvalue weighted by Gasteiger charge is -2.22. The second kappa shape index (κ2) is 15.3. The zero-order chi connectivity index (χ0) is 43.5. The summed E-state index contributed by atoms with van der Waals surface area (Å²) in [5.74, 6) is -2.69. The van der Waals surface area contributed by atoms with Crippen LogP contribution in [-0.4, -0.2) is 67.3 Å². The van der Waals surface area contributed by atoms with Crippen molar-refractivity contribution < 1.29 is 38.1 Å². The number of esters is 4. The zero-order valence-corrected chi connectivity index (χ0v) is 35.3. The molecule has 310 valence electrons. The van der Waals surface area contributed by atoms with Crippen LogP contribution in [-0.2, 0) is 63.8 Å². The molecule has 0 saturated carbocycles. The summed E-state index contributed by atoms with van der Waals surface area (Å²) in [5.41, 5.74) is 6.65. The fourth-order valence-corrected chi connectivity index (χ4v) is 9.77. The van der Waals surface area contributed by atoms with E-state index in [-0.39, 0.29) is 25.7 Å². The van der Waals surface area contributed by atoms with E-state index < -0.39 is 34.7 Å². The number of carbonyl (C=O) groups is 4. The molecule has 3 aromatic heterocycles. The minimum atomic E-state index is -1.60. The van der Waals surface area contributed by atoms with Gasteiger partial charge in [0.1, 0.15) is 0 Å². The first kappa shape index (κ1) is 40.2. The molecule has 2 aliphatic rings. The molecule has 0 amide bonds. The van der Waals surface area contributed by atoms with Crippen molar-refractivity contribution in [3.05, 3.63) is 137 Å². The summed E-state index contributed by atoms with van der Waals surface area (Å²) < 4.78 is 21.0. The second-order valence-corrected chi connectivity index (χ2v) is 16.1. The first-order valence-electron chi connectivity index (χ1n) is 20.3. The molecule has 3 heterocycles. The molecule has 0 fully saturated rings. The Labute approximate surface area is 358 Å². The van der Waals surface area contributed by atoms with Crippen LogP contribution in [0, 0.1) is 24.7 Å². The number of hydrogen-bond acceptors (Lipinski definition) is 11. The Morgan fingerprint density at radius 3 is 1.15 bits per heavy atom. The highest BCUT2D eigenvalue weighted by Gasteiger charge is 2.55. The number of rotatable bonds is 8. The maximum Gasteiger partial charge on any atom is 0.323 e. The van der Waals surface area contributed by atoms with Crippen molar-refractivity contribution in [3.63, 3.8) is 0 Å². The lowest BCUT2D eigenvalue weighted by molar-refractivity contribution is -0.170. The van der Waals surface area contributed by atoms with Gasteiger partial charge in [0.25, 0.3) is 0 Å². The van der Waals surface area contributed by atoms with Crippen LogP contribution in [0.15, 0.2) is 103 Å². The van der Waals surface area contributed by atoms with Crippen LogP contribution in [0.5, 0.6) is 0 Å². The molecule has 0 aliphatic heterocycles. The zero-order valence-electron chi connectivity index (χ0n) is 35.3. The fraction of sp³-hybridized carbons (Fsp3) is 0.235. The van der Waals surface area contributed by atoms with Gasteiger partial charge in [0, 0.05) is 36.8 Å². The number of aromatic nitrogens is 3. The largest absolute Gasteiger partial charge is 0.468 e. The second-order valence-electron chi connectivity index (χ2n) is 16.1. The van der Waals surface area contributed by atoms with Gasteiger partial charge in [-0.15, -0.1) is 0 Å². The number of pyridine rings is 3. The third-order valence-electron chi connectivity index (χ3n) is 12.9. The molecule has 0 radical (unpaired) electrons. The number of benzene rings is 4. The molecule has 11 nitrogen and oxygen atoms in total. The highest BCUT2D eigenvalue weighted by molar-refractivity contribution is 6.05. The molecule has 62 heavy (non-hydrogen) atoms. The molecule has 0 unspecified atom stereocenters. The SMILES string of the molecule is COC(=O)C1(C(=O)OC)Cc2c(-c3cccc4ccccc34)nc(-c3cccc(-c4nc(-c5cccc6ccccc56)c5c(c4C)CC(C(=O)OC)(C(=O)OC)C5)n3)c(C)c2C1. The minimum absolute atomic E-state index is 0.0512. The van der Waals surface area contributed by atoms with Crippen molar-refractivity contribution in [2.45, 2.75) is 39.5 Å². The van der Waals surface area contributed by atoms with E-state index >= 15 is 0 Å². The molecule has 0 atom stereocenters. The van der Waals surface area contributed by atoms with Gasteiger partial charge in [-0.1, -0.05) is 91.0 Å². The van der Waals surface area contributed by atoms with E-state index in [0.717, 1.165) is 66.1 Å². The van der Waals surface area contributed by atoms with E-state index in [2.05, 4.69) is 0 Å². The van der Waals surface area contributed by atoms with Crippen LogP contribution in [0.1, 0.15) is 33.4 Å². The van der Waals surface area contributed by atoms with E-state index in [9.17, 15) is 19.2 Å². The third-order valence-corrected chi connectivity index (χ3v) is 12.9. The fourth-order valence-electron chi connectivity index (χ4n) is 9.77. The van der Waals surface area contributed by atoms with Crippen molar-refractivity contribution in [2.75, 3.05) is 28.4 Å². The normalized spacial score (nSPS) is 14.5. The predicted molar refractivity (Wildman–Crippen MR) is 234 cm³/mol. The number of methoxy groups -OCH3 is 4. The van der Waals surface area contributed by atoms with Crippen molar-refractivity contribution in [1.29, 1.82) is 0 Å². The van der Waals surface area contributed by atoms with E-state index in [1.165, 1.54) is 28.4 Å². The van der Waals surface area contributed by atoms with E-state index in [1.807, 2.05) is 117 Å². The molecular weight excluding hydrogens is 783 g/mol. The first-order chi connectivity index (χ1) is 30.0. The molecule has 0 bridgehead atoms. The Morgan fingerprint density at radius 1 is 0.419 bits per heavy atom. The van der Waals surface area contributed by atoms with Gasteiger partial charge >= 0.3 is 23.9 Å². The number of hydrogen-bond donors (Lipinski definition) is 0. The van der Waals surface area contributed by atoms with Gasteiger partial charge in [-0.05, 0) is 80.9 Å². The average Bonchev–Trinajstić information content (AvgIpc) is 3.94. The van der Waals surface area contributed by atoms with Crippen molar-refractivity contribution in [3.8, 4) is 45.3 Å². The van der Waals surface area contributed by atoms with Crippen LogP contribution in [0.3, 0.4) is 0 Å². The molecule has 0 N–H and O–H groups in total. The van der Waals surface area contributed by atoms with Crippen LogP contribution in [0.2, 0.25) is 0 Å². The first-order valence-corrected chi connectivity index (χ1v) is 20.3. The van der Waals surface area contributed by atoms with Gasteiger partial charge in [-0.3, -0.25) is 19.2 Å². The molecule has 4 aromatic carbocycles. The summed E-state index contributed by atoms with van der Waals surface area (Å²) in [6.07, 6.45) is 0.219. The summed E-state index contributed by atoms with van der Waals surface area (Å²) >= 11 is 0. The Hall–Kier alpha value is -7.27. The standard InChI is InChI=1S/C51H43N3O8/c1-28-36-24-50(46(55)59-3,47(56)60-4)26-38(36)44(34-20-11-16-30-14-7-9-18-32(30)34)53-42(28)40-22-13-23-41(52-40)43-29(2)37-25-51(48(57)61-5,49(58)62-6)27-39(37)45(54-43)35-21-12-17-31-15-8-10-19-33(31)35/h7-23H,24-27H2,1-6H3. The molecule has 11 heteroatoms. The Balaban J connectivity index is 1.27. The van der Waals surface area contributed by atoms with Crippen molar-refractivity contribution >= 4 is 45.4 Å². The van der Waals surface area contributed by atoms with Gasteiger partial charge in [0.05, 0.1) is 62.6 Å². The smallest absolute Gasteiger partial charge is 0.323 e. The number of ether oxygens (including phenoxy) is 4. The topological polar surface area (TPSA) is 144 Å². The quantitative estimate of drug-likeness (QED) is 0.0829. The van der Waals surface area contributed by atoms with E-state index in [1.54, 1.807) is 0 Å². The van der Waals surface area contributed by atoms with Crippen LogP contribution in [0.4, 0.5) is 0 Å². The minimum Gasteiger partial charge on any atom is -0.468 e. The maximum absolute atomic E-state index is 13.6. The summed E-state index contributed by atoms with van der Waals surface area (Å²) in [6, 6.07) is 33.7. The molecular formula is C51H43N3O8.